The van der Waals surface area contributed by atoms with Crippen molar-refractivity contribution >= 4 is 5.91 Å². The van der Waals surface area contributed by atoms with Gasteiger partial charge in [-0.15, -0.1) is 0 Å². The number of unbranched alkanes of at least 4 members (excludes halogenated alkanes) is 13. The van der Waals surface area contributed by atoms with Gasteiger partial charge in [-0.1, -0.05) is 96.8 Å². The zero-order chi connectivity index (χ0) is 18.3. The van der Waals surface area contributed by atoms with Gasteiger partial charge < -0.3 is 4.90 Å². The van der Waals surface area contributed by atoms with Crippen LogP contribution in [0, 0.1) is 5.92 Å². The smallest absolute Gasteiger partial charge is 0.225 e. The van der Waals surface area contributed by atoms with Crippen molar-refractivity contribution in [2.24, 2.45) is 5.92 Å². The lowest BCUT2D eigenvalue weighted by atomic mass is 9.98. The van der Waals surface area contributed by atoms with E-state index in [4.69, 9.17) is 0 Å². The van der Waals surface area contributed by atoms with Crippen LogP contribution in [0.25, 0.3) is 0 Å². The van der Waals surface area contributed by atoms with E-state index in [-0.39, 0.29) is 0 Å². The van der Waals surface area contributed by atoms with Crippen LogP contribution in [0.2, 0.25) is 0 Å². The molecule has 1 aliphatic heterocycles. The minimum Gasteiger partial charge on any atom is -0.340 e. The molecule has 1 atom stereocenters. The number of amides is 1. The number of carbonyl (C=O) groups is 1. The van der Waals surface area contributed by atoms with Gasteiger partial charge in [0.1, 0.15) is 0 Å². The van der Waals surface area contributed by atoms with E-state index >= 15 is 0 Å². The lowest BCUT2D eigenvalue weighted by Crippen LogP contribution is -2.33. The molecule has 0 bridgehead atoms. The highest BCUT2D eigenvalue weighted by Gasteiger charge is 2.32. The SMILES string of the molecule is CCCCCCCCCCCCCCCCC1CCN(C(C)C)C1=O. The average molecular weight is 352 g/mol. The second-order valence-corrected chi connectivity index (χ2v) is 8.50. The van der Waals surface area contributed by atoms with E-state index in [0.717, 1.165) is 19.4 Å². The standard InChI is InChI=1S/C23H45NO/c1-4-5-6-7-8-9-10-11-12-13-14-15-16-17-18-22-19-20-24(21(2)3)23(22)25/h21-22H,4-20H2,1-3H3. The van der Waals surface area contributed by atoms with Crippen LogP contribution in [0.15, 0.2) is 0 Å². The van der Waals surface area contributed by atoms with Crippen molar-refractivity contribution in [3.63, 3.8) is 0 Å². The summed E-state index contributed by atoms with van der Waals surface area (Å²) in [6.45, 7) is 7.54. The van der Waals surface area contributed by atoms with Gasteiger partial charge in [-0.25, -0.2) is 0 Å². The van der Waals surface area contributed by atoms with Gasteiger partial charge in [-0.2, -0.15) is 0 Å². The topological polar surface area (TPSA) is 20.3 Å². The van der Waals surface area contributed by atoms with Crippen molar-refractivity contribution in [2.75, 3.05) is 6.54 Å². The maximum atomic E-state index is 12.2. The molecule has 0 spiro atoms. The molecule has 0 radical (unpaired) electrons. The molecule has 0 aromatic carbocycles. The van der Waals surface area contributed by atoms with Crippen LogP contribution in [0.5, 0.6) is 0 Å². The van der Waals surface area contributed by atoms with Crippen LogP contribution in [0.3, 0.4) is 0 Å². The summed E-state index contributed by atoms with van der Waals surface area (Å²) in [5, 5.41) is 0. The highest BCUT2D eigenvalue weighted by Crippen LogP contribution is 2.25. The predicted molar refractivity (Wildman–Crippen MR) is 110 cm³/mol. The molecule has 148 valence electrons. The molecule has 1 rings (SSSR count). The highest BCUT2D eigenvalue weighted by molar-refractivity contribution is 5.81. The molecule has 0 aromatic rings. The fourth-order valence-electron chi connectivity index (χ4n) is 4.13. The first-order valence-electron chi connectivity index (χ1n) is 11.5. The van der Waals surface area contributed by atoms with Gasteiger partial charge in [0, 0.05) is 18.5 Å². The fraction of sp³-hybridized carbons (Fsp3) is 0.957. The third kappa shape index (κ3) is 10.3. The van der Waals surface area contributed by atoms with E-state index in [9.17, 15) is 4.79 Å². The number of nitrogens with zero attached hydrogens (tertiary/aromatic N) is 1. The number of rotatable bonds is 16. The van der Waals surface area contributed by atoms with Crippen molar-refractivity contribution in [1.29, 1.82) is 0 Å². The Hall–Kier alpha value is -0.530. The maximum Gasteiger partial charge on any atom is 0.225 e. The number of likely N-dealkylation sites (tertiary alicyclic amines) is 1. The molecule has 1 heterocycles. The van der Waals surface area contributed by atoms with Crippen molar-refractivity contribution in [1.82, 2.24) is 4.90 Å². The minimum absolute atomic E-state index is 0.333. The van der Waals surface area contributed by atoms with E-state index in [1.807, 2.05) is 0 Å². The predicted octanol–water partition coefficient (Wildman–Crippen LogP) is 7.11. The molecule has 1 amide bonds. The van der Waals surface area contributed by atoms with E-state index in [1.54, 1.807) is 0 Å². The fourth-order valence-corrected chi connectivity index (χ4v) is 4.13. The summed E-state index contributed by atoms with van der Waals surface area (Å²) in [6, 6.07) is 0.383. The zero-order valence-corrected chi connectivity index (χ0v) is 17.5. The summed E-state index contributed by atoms with van der Waals surface area (Å²) in [5.41, 5.74) is 0. The van der Waals surface area contributed by atoms with E-state index < -0.39 is 0 Å². The van der Waals surface area contributed by atoms with E-state index in [1.165, 1.54) is 89.9 Å². The first kappa shape index (κ1) is 22.5. The van der Waals surface area contributed by atoms with Crippen LogP contribution in [-0.4, -0.2) is 23.4 Å². The number of carbonyl (C=O) groups excluding carboxylic acids is 1. The van der Waals surface area contributed by atoms with Crippen molar-refractivity contribution in [3.8, 4) is 0 Å². The second-order valence-electron chi connectivity index (χ2n) is 8.50. The minimum atomic E-state index is 0.333. The molecule has 1 saturated heterocycles. The summed E-state index contributed by atoms with van der Waals surface area (Å²) < 4.78 is 0. The third-order valence-electron chi connectivity index (χ3n) is 5.88. The van der Waals surface area contributed by atoms with Gasteiger partial charge in [0.05, 0.1) is 0 Å². The Morgan fingerprint density at radius 1 is 0.800 bits per heavy atom. The van der Waals surface area contributed by atoms with Crippen LogP contribution >= 0.6 is 0 Å². The van der Waals surface area contributed by atoms with Gasteiger partial charge in [0.15, 0.2) is 0 Å². The van der Waals surface area contributed by atoms with E-state index in [2.05, 4.69) is 25.7 Å². The molecule has 0 aliphatic carbocycles. The molecule has 0 aromatic heterocycles. The zero-order valence-electron chi connectivity index (χ0n) is 17.5. The summed E-state index contributed by atoms with van der Waals surface area (Å²) >= 11 is 0. The van der Waals surface area contributed by atoms with Gasteiger partial charge >= 0.3 is 0 Å². The van der Waals surface area contributed by atoms with Gasteiger partial charge in [-0.05, 0) is 26.7 Å². The molecule has 2 heteroatoms. The third-order valence-corrected chi connectivity index (χ3v) is 5.88. The quantitative estimate of drug-likeness (QED) is 0.271. The highest BCUT2D eigenvalue weighted by atomic mass is 16.2. The Morgan fingerprint density at radius 2 is 1.24 bits per heavy atom. The van der Waals surface area contributed by atoms with Crippen LogP contribution in [0.4, 0.5) is 0 Å². The molecule has 0 saturated carbocycles. The van der Waals surface area contributed by atoms with E-state index in [0.29, 0.717) is 17.9 Å². The molecular weight excluding hydrogens is 306 g/mol. The van der Waals surface area contributed by atoms with Crippen LogP contribution < -0.4 is 0 Å². The van der Waals surface area contributed by atoms with Crippen molar-refractivity contribution in [2.45, 2.75) is 130 Å². The molecule has 1 unspecified atom stereocenters. The molecule has 1 fully saturated rings. The normalized spacial score (nSPS) is 17.8. The van der Waals surface area contributed by atoms with Gasteiger partial charge in [-0.3, -0.25) is 4.79 Å². The van der Waals surface area contributed by atoms with Crippen LogP contribution in [-0.2, 0) is 4.79 Å². The largest absolute Gasteiger partial charge is 0.340 e. The molecule has 0 N–H and O–H groups in total. The van der Waals surface area contributed by atoms with Crippen molar-refractivity contribution in [3.05, 3.63) is 0 Å². The summed E-state index contributed by atoms with van der Waals surface area (Å²) in [5.74, 6) is 0.754. The first-order chi connectivity index (χ1) is 12.2. The summed E-state index contributed by atoms with van der Waals surface area (Å²) in [4.78, 5) is 14.3. The Bertz CT molecular complexity index is 326. The lowest BCUT2D eigenvalue weighted by Gasteiger charge is -2.20. The molecule has 2 nitrogen and oxygen atoms in total. The Morgan fingerprint density at radius 3 is 1.64 bits per heavy atom. The Kier molecular flexibility index (Phi) is 13.2. The Balaban J connectivity index is 1.81. The summed E-state index contributed by atoms with van der Waals surface area (Å²) in [6.07, 6.45) is 21.9. The maximum absolute atomic E-state index is 12.2. The first-order valence-corrected chi connectivity index (χ1v) is 11.5. The van der Waals surface area contributed by atoms with Crippen LogP contribution in [0.1, 0.15) is 124 Å². The second kappa shape index (κ2) is 14.6. The molecule has 1 aliphatic rings. The Labute approximate surface area is 158 Å². The molecular formula is C23H45NO. The number of hydrogen-bond donors (Lipinski definition) is 0. The summed E-state index contributed by atoms with van der Waals surface area (Å²) in [7, 11) is 0. The van der Waals surface area contributed by atoms with Gasteiger partial charge in [0.25, 0.3) is 0 Å². The van der Waals surface area contributed by atoms with Gasteiger partial charge in [0.2, 0.25) is 5.91 Å². The average Bonchev–Trinajstić information content (AvgIpc) is 2.96. The lowest BCUT2D eigenvalue weighted by molar-refractivity contribution is -0.132. The van der Waals surface area contributed by atoms with Crippen molar-refractivity contribution < 1.29 is 4.79 Å². The molecule has 25 heavy (non-hydrogen) atoms. The number of hydrogen-bond acceptors (Lipinski definition) is 1. The monoisotopic (exact) mass is 351 g/mol.